The van der Waals surface area contributed by atoms with E-state index in [0.717, 1.165) is 12.8 Å². The third-order valence-corrected chi connectivity index (χ3v) is 3.58. The second kappa shape index (κ2) is 5.22. The second-order valence-corrected chi connectivity index (χ2v) is 5.32. The number of nitrogens with one attached hydrogen (secondary N) is 1. The smallest absolute Gasteiger partial charge is 0.406 e. The fourth-order valence-electron chi connectivity index (χ4n) is 2.47. The maximum atomic E-state index is 12.3. The first-order valence-electron chi connectivity index (χ1n) is 6.85. The molecule has 1 unspecified atom stereocenters. The molecule has 1 amide bonds. The fraction of sp³-hybridized carbons (Fsp3) is 0.500. The average molecular weight is 300 g/mol. The molecule has 1 N–H and O–H groups in total. The summed E-state index contributed by atoms with van der Waals surface area (Å²) in [4.78, 5) is 13.8. The van der Waals surface area contributed by atoms with Crippen molar-refractivity contribution in [1.29, 1.82) is 0 Å². The van der Waals surface area contributed by atoms with E-state index in [9.17, 15) is 18.0 Å². The van der Waals surface area contributed by atoms with Gasteiger partial charge in [-0.25, -0.2) is 0 Å². The molecule has 1 aliphatic heterocycles. The summed E-state index contributed by atoms with van der Waals surface area (Å²) in [5.74, 6) is -0.405. The lowest BCUT2D eigenvalue weighted by molar-refractivity contribution is -0.274. The molecule has 0 aromatic heterocycles. The summed E-state index contributed by atoms with van der Waals surface area (Å²) >= 11 is 0. The SMILES string of the molecule is O=C1C(NC2CC2)CCN1c1cccc(OC(F)(F)F)c1. The summed E-state index contributed by atoms with van der Waals surface area (Å²) in [5.41, 5.74) is 0.432. The van der Waals surface area contributed by atoms with Gasteiger partial charge >= 0.3 is 6.36 Å². The molecule has 1 aliphatic carbocycles. The van der Waals surface area contributed by atoms with Gasteiger partial charge in [-0.3, -0.25) is 4.79 Å². The van der Waals surface area contributed by atoms with Crippen molar-refractivity contribution in [3.05, 3.63) is 24.3 Å². The number of nitrogens with zero attached hydrogens (tertiary/aromatic N) is 1. The molecule has 3 rings (SSSR count). The summed E-state index contributed by atoms with van der Waals surface area (Å²) in [6.07, 6.45) is -1.90. The highest BCUT2D eigenvalue weighted by atomic mass is 19.4. The van der Waals surface area contributed by atoms with Gasteiger partial charge in [0.05, 0.1) is 6.04 Å². The molecule has 21 heavy (non-hydrogen) atoms. The van der Waals surface area contributed by atoms with E-state index < -0.39 is 6.36 Å². The van der Waals surface area contributed by atoms with Crippen LogP contribution in [0, 0.1) is 0 Å². The molecule has 2 aliphatic rings. The quantitative estimate of drug-likeness (QED) is 0.928. The Morgan fingerprint density at radius 2 is 2.00 bits per heavy atom. The lowest BCUT2D eigenvalue weighted by Crippen LogP contribution is -2.39. The zero-order valence-corrected chi connectivity index (χ0v) is 11.2. The van der Waals surface area contributed by atoms with Crippen molar-refractivity contribution < 1.29 is 22.7 Å². The normalized spacial score (nSPS) is 22.7. The minimum Gasteiger partial charge on any atom is -0.406 e. The van der Waals surface area contributed by atoms with Crippen LogP contribution < -0.4 is 15.0 Å². The van der Waals surface area contributed by atoms with Crippen LogP contribution in [-0.2, 0) is 4.79 Å². The Balaban J connectivity index is 1.71. The monoisotopic (exact) mass is 300 g/mol. The number of alkyl halides is 3. The number of benzene rings is 1. The van der Waals surface area contributed by atoms with Crippen molar-refractivity contribution in [2.45, 2.75) is 37.7 Å². The van der Waals surface area contributed by atoms with Crippen molar-refractivity contribution in [2.24, 2.45) is 0 Å². The lowest BCUT2D eigenvalue weighted by Gasteiger charge is -2.18. The van der Waals surface area contributed by atoms with Gasteiger partial charge in [-0.1, -0.05) is 6.07 Å². The summed E-state index contributed by atoms with van der Waals surface area (Å²) in [6, 6.07) is 5.71. The van der Waals surface area contributed by atoms with Crippen LogP contribution in [0.1, 0.15) is 19.3 Å². The Kier molecular flexibility index (Phi) is 3.52. The van der Waals surface area contributed by atoms with Crippen molar-refractivity contribution >= 4 is 11.6 Å². The molecule has 114 valence electrons. The van der Waals surface area contributed by atoms with Crippen LogP contribution in [0.5, 0.6) is 5.75 Å². The molecular weight excluding hydrogens is 285 g/mol. The maximum absolute atomic E-state index is 12.3. The number of carbonyl (C=O) groups excluding carboxylic acids is 1. The third-order valence-electron chi connectivity index (χ3n) is 3.58. The van der Waals surface area contributed by atoms with Gasteiger partial charge < -0.3 is 15.0 Å². The first-order valence-corrected chi connectivity index (χ1v) is 6.85. The van der Waals surface area contributed by atoms with Gasteiger partial charge in [0.15, 0.2) is 0 Å². The van der Waals surface area contributed by atoms with E-state index in [4.69, 9.17) is 0 Å². The van der Waals surface area contributed by atoms with E-state index in [1.54, 1.807) is 6.07 Å². The number of amides is 1. The standard InChI is InChI=1S/C14H15F3N2O2/c15-14(16,17)21-11-3-1-2-10(8-11)19-7-6-12(13(19)20)18-9-4-5-9/h1-3,8-9,12,18H,4-7H2. The van der Waals surface area contributed by atoms with E-state index in [2.05, 4.69) is 10.1 Å². The Morgan fingerprint density at radius 3 is 2.67 bits per heavy atom. The van der Waals surface area contributed by atoms with E-state index in [0.29, 0.717) is 24.7 Å². The Morgan fingerprint density at radius 1 is 1.24 bits per heavy atom. The van der Waals surface area contributed by atoms with Gasteiger partial charge in [-0.05, 0) is 31.4 Å². The molecule has 0 spiro atoms. The van der Waals surface area contributed by atoms with Crippen LogP contribution in [0.15, 0.2) is 24.3 Å². The second-order valence-electron chi connectivity index (χ2n) is 5.32. The topological polar surface area (TPSA) is 41.6 Å². The predicted octanol–water partition coefficient (Wildman–Crippen LogP) is 2.44. The van der Waals surface area contributed by atoms with Crippen molar-refractivity contribution in [3.8, 4) is 5.75 Å². The van der Waals surface area contributed by atoms with Gasteiger partial charge in [0, 0.05) is 24.3 Å². The third kappa shape index (κ3) is 3.47. The highest BCUT2D eigenvalue weighted by Gasteiger charge is 2.36. The van der Waals surface area contributed by atoms with Gasteiger partial charge in [0.1, 0.15) is 5.75 Å². The summed E-state index contributed by atoms with van der Waals surface area (Å²) in [7, 11) is 0. The number of anilines is 1. The van der Waals surface area contributed by atoms with Crippen LogP contribution in [0.3, 0.4) is 0 Å². The fourth-order valence-corrected chi connectivity index (χ4v) is 2.47. The van der Waals surface area contributed by atoms with Gasteiger partial charge in [-0.15, -0.1) is 13.2 Å². The molecule has 1 atom stereocenters. The predicted molar refractivity (Wildman–Crippen MR) is 70.0 cm³/mol. The highest BCUT2D eigenvalue weighted by Crippen LogP contribution is 2.30. The number of carbonyl (C=O) groups is 1. The minimum atomic E-state index is -4.73. The summed E-state index contributed by atoms with van der Waals surface area (Å²) < 4.78 is 40.6. The van der Waals surface area contributed by atoms with Crippen molar-refractivity contribution in [1.82, 2.24) is 5.32 Å². The number of hydrogen-bond donors (Lipinski definition) is 1. The van der Waals surface area contributed by atoms with Gasteiger partial charge in [0.2, 0.25) is 5.91 Å². The van der Waals surface area contributed by atoms with E-state index in [-0.39, 0.29) is 17.7 Å². The average Bonchev–Trinajstić information content (AvgIpc) is 3.12. The Hall–Kier alpha value is -1.76. The molecule has 1 aromatic carbocycles. The number of ether oxygens (including phenoxy) is 1. The first kappa shape index (κ1) is 14.2. The minimum absolute atomic E-state index is 0.0916. The maximum Gasteiger partial charge on any atom is 0.573 e. The molecular formula is C14H15F3N2O2. The zero-order chi connectivity index (χ0) is 15.0. The molecule has 1 aromatic rings. The van der Waals surface area contributed by atoms with E-state index >= 15 is 0 Å². The molecule has 2 fully saturated rings. The Labute approximate surface area is 119 Å². The zero-order valence-electron chi connectivity index (χ0n) is 11.2. The number of halogens is 3. The van der Waals surface area contributed by atoms with Crippen LogP contribution >= 0.6 is 0 Å². The van der Waals surface area contributed by atoms with Crippen molar-refractivity contribution in [2.75, 3.05) is 11.4 Å². The van der Waals surface area contributed by atoms with Crippen LogP contribution in [0.4, 0.5) is 18.9 Å². The van der Waals surface area contributed by atoms with E-state index in [1.807, 2.05) is 0 Å². The van der Waals surface area contributed by atoms with Crippen molar-refractivity contribution in [3.63, 3.8) is 0 Å². The molecule has 1 saturated heterocycles. The van der Waals surface area contributed by atoms with Gasteiger partial charge in [0.25, 0.3) is 0 Å². The number of rotatable bonds is 4. The first-order chi connectivity index (χ1) is 9.92. The molecule has 1 heterocycles. The summed E-state index contributed by atoms with van der Waals surface area (Å²) in [6.45, 7) is 0.499. The van der Waals surface area contributed by atoms with E-state index in [1.165, 1.54) is 23.1 Å². The number of hydrogen-bond acceptors (Lipinski definition) is 3. The molecule has 0 bridgehead atoms. The molecule has 4 nitrogen and oxygen atoms in total. The Bertz CT molecular complexity index is 543. The van der Waals surface area contributed by atoms with Crippen LogP contribution in [-0.4, -0.2) is 30.9 Å². The van der Waals surface area contributed by atoms with Gasteiger partial charge in [-0.2, -0.15) is 0 Å². The molecule has 7 heteroatoms. The van der Waals surface area contributed by atoms with Crippen LogP contribution in [0.25, 0.3) is 0 Å². The van der Waals surface area contributed by atoms with Crippen LogP contribution in [0.2, 0.25) is 0 Å². The lowest BCUT2D eigenvalue weighted by atomic mass is 10.2. The molecule has 0 radical (unpaired) electrons. The largest absolute Gasteiger partial charge is 0.573 e. The highest BCUT2D eigenvalue weighted by molar-refractivity contribution is 5.99. The molecule has 1 saturated carbocycles. The summed E-state index contributed by atoms with van der Waals surface area (Å²) in [5, 5.41) is 3.25.